The number of rotatable bonds is 5. The molecule has 1 amide bonds. The fourth-order valence-electron chi connectivity index (χ4n) is 3.58. The summed E-state index contributed by atoms with van der Waals surface area (Å²) < 4.78 is 5.77. The molecule has 1 saturated carbocycles. The Balaban J connectivity index is 1.45. The van der Waals surface area contributed by atoms with Crippen LogP contribution in [0, 0.1) is 11.3 Å². The first-order valence-electron chi connectivity index (χ1n) is 9.40. The van der Waals surface area contributed by atoms with Gasteiger partial charge < -0.3 is 14.7 Å². The summed E-state index contributed by atoms with van der Waals surface area (Å²) in [6.45, 7) is 1.78. The normalized spacial score (nSPS) is 17.1. The molecular formula is C20H21N5O2S. The number of nitriles is 1. The number of H-pyrrole nitrogens is 1. The topological polar surface area (TPSA) is 108 Å². The summed E-state index contributed by atoms with van der Waals surface area (Å²) in [5, 5.41) is 21.6. The van der Waals surface area contributed by atoms with Crippen molar-refractivity contribution >= 4 is 28.6 Å². The van der Waals surface area contributed by atoms with Crippen LogP contribution in [0.4, 0.5) is 0 Å². The molecule has 0 saturated heterocycles. The quantitative estimate of drug-likeness (QED) is 0.631. The Labute approximate surface area is 166 Å². The summed E-state index contributed by atoms with van der Waals surface area (Å²) in [4.78, 5) is 15.8. The van der Waals surface area contributed by atoms with Crippen LogP contribution in [-0.2, 0) is 4.79 Å². The molecule has 2 heterocycles. The highest BCUT2D eigenvalue weighted by molar-refractivity contribution is 8.00. The van der Waals surface area contributed by atoms with Crippen molar-refractivity contribution in [2.75, 3.05) is 0 Å². The maximum atomic E-state index is 12.6. The number of nitrogens with one attached hydrogen (secondary N) is 2. The van der Waals surface area contributed by atoms with Crippen molar-refractivity contribution in [1.29, 1.82) is 5.26 Å². The highest BCUT2D eigenvalue weighted by Crippen LogP contribution is 2.32. The third-order valence-corrected chi connectivity index (χ3v) is 6.09. The van der Waals surface area contributed by atoms with Crippen LogP contribution in [-0.4, -0.2) is 31.9 Å². The second-order valence-corrected chi connectivity index (χ2v) is 8.42. The monoisotopic (exact) mass is 395 g/mol. The third-order valence-electron chi connectivity index (χ3n) is 5.16. The molecule has 0 unspecified atom stereocenters. The minimum atomic E-state index is -0.742. The lowest BCUT2D eigenvalue weighted by molar-refractivity contribution is -0.122. The van der Waals surface area contributed by atoms with Crippen LogP contribution in [0.15, 0.2) is 40.1 Å². The standard InChI is InChI=1S/C20H21N5O2S/c1-13(17(26)23-20(12-21)9-5-2-6-10-20)28-19-25-24-18(27-19)15-11-22-16-8-4-3-7-14(15)16/h3-4,7-8,11,13,22H,2,5-6,9-10H2,1H3,(H,23,26)/t13-/m0/s1. The molecule has 1 aromatic carbocycles. The number of nitrogens with zero attached hydrogens (tertiary/aromatic N) is 3. The van der Waals surface area contributed by atoms with E-state index in [1.807, 2.05) is 30.5 Å². The number of fused-ring (bicyclic) bond motifs is 1. The van der Waals surface area contributed by atoms with Crippen molar-refractivity contribution in [1.82, 2.24) is 20.5 Å². The number of para-hydroxylation sites is 1. The van der Waals surface area contributed by atoms with E-state index < -0.39 is 10.8 Å². The molecule has 4 rings (SSSR count). The number of aromatic amines is 1. The fourth-order valence-corrected chi connectivity index (χ4v) is 4.26. The molecule has 2 aromatic heterocycles. The number of benzene rings is 1. The van der Waals surface area contributed by atoms with Gasteiger partial charge in [0.05, 0.1) is 16.9 Å². The molecule has 1 atom stereocenters. The van der Waals surface area contributed by atoms with Gasteiger partial charge in [-0.3, -0.25) is 4.79 Å². The molecule has 144 valence electrons. The largest absolute Gasteiger partial charge is 0.411 e. The van der Waals surface area contributed by atoms with Crippen LogP contribution in [0.2, 0.25) is 0 Å². The predicted molar refractivity (Wildman–Crippen MR) is 106 cm³/mol. The van der Waals surface area contributed by atoms with Gasteiger partial charge in [-0.05, 0) is 25.8 Å². The summed E-state index contributed by atoms with van der Waals surface area (Å²) in [5.41, 5.74) is 1.08. The van der Waals surface area contributed by atoms with E-state index in [4.69, 9.17) is 4.42 Å². The first-order valence-corrected chi connectivity index (χ1v) is 10.3. The van der Waals surface area contributed by atoms with E-state index in [2.05, 4.69) is 26.6 Å². The molecule has 0 aliphatic heterocycles. The second kappa shape index (κ2) is 7.68. The molecule has 28 heavy (non-hydrogen) atoms. The van der Waals surface area contributed by atoms with Gasteiger partial charge in [-0.2, -0.15) is 5.26 Å². The predicted octanol–water partition coefficient (Wildman–Crippen LogP) is 4.04. The molecule has 2 N–H and O–H groups in total. The molecule has 3 aromatic rings. The summed E-state index contributed by atoms with van der Waals surface area (Å²) in [6.07, 6.45) is 6.29. The van der Waals surface area contributed by atoms with E-state index in [0.717, 1.165) is 35.7 Å². The smallest absolute Gasteiger partial charge is 0.277 e. The van der Waals surface area contributed by atoms with E-state index in [0.29, 0.717) is 24.0 Å². The van der Waals surface area contributed by atoms with Gasteiger partial charge in [-0.25, -0.2) is 0 Å². The zero-order valence-corrected chi connectivity index (χ0v) is 16.4. The van der Waals surface area contributed by atoms with Gasteiger partial charge in [0.2, 0.25) is 5.91 Å². The lowest BCUT2D eigenvalue weighted by Crippen LogP contribution is -2.50. The third kappa shape index (κ3) is 3.62. The fraction of sp³-hybridized carbons (Fsp3) is 0.400. The van der Waals surface area contributed by atoms with Gasteiger partial charge in [0.1, 0.15) is 5.54 Å². The zero-order chi connectivity index (χ0) is 19.6. The van der Waals surface area contributed by atoms with E-state index >= 15 is 0 Å². The molecular weight excluding hydrogens is 374 g/mol. The van der Waals surface area contributed by atoms with E-state index in [1.54, 1.807) is 6.92 Å². The molecule has 8 heteroatoms. The zero-order valence-electron chi connectivity index (χ0n) is 15.6. The lowest BCUT2D eigenvalue weighted by atomic mass is 9.83. The van der Waals surface area contributed by atoms with Gasteiger partial charge in [0.15, 0.2) is 0 Å². The van der Waals surface area contributed by atoms with E-state index in [1.165, 1.54) is 11.8 Å². The number of aromatic nitrogens is 3. The Morgan fingerprint density at radius 2 is 2.11 bits per heavy atom. The number of hydrogen-bond acceptors (Lipinski definition) is 6. The number of amides is 1. The Morgan fingerprint density at radius 1 is 1.32 bits per heavy atom. The van der Waals surface area contributed by atoms with Crippen LogP contribution >= 0.6 is 11.8 Å². The van der Waals surface area contributed by atoms with Crippen LogP contribution < -0.4 is 5.32 Å². The highest BCUT2D eigenvalue weighted by atomic mass is 32.2. The van der Waals surface area contributed by atoms with E-state index in [9.17, 15) is 10.1 Å². The van der Waals surface area contributed by atoms with Crippen molar-refractivity contribution in [3.63, 3.8) is 0 Å². The Bertz CT molecular complexity index is 1030. The van der Waals surface area contributed by atoms with Crippen molar-refractivity contribution in [2.24, 2.45) is 0 Å². The molecule has 1 aliphatic carbocycles. The van der Waals surface area contributed by atoms with Crippen LogP contribution in [0.5, 0.6) is 0 Å². The number of hydrogen-bond donors (Lipinski definition) is 2. The van der Waals surface area contributed by atoms with Crippen molar-refractivity contribution in [3.8, 4) is 17.5 Å². The molecule has 7 nitrogen and oxygen atoms in total. The second-order valence-electron chi connectivity index (χ2n) is 7.12. The van der Waals surface area contributed by atoms with Crippen LogP contribution in [0.25, 0.3) is 22.4 Å². The molecule has 1 aliphatic rings. The van der Waals surface area contributed by atoms with Crippen molar-refractivity contribution in [3.05, 3.63) is 30.5 Å². The van der Waals surface area contributed by atoms with Crippen molar-refractivity contribution in [2.45, 2.75) is 55.0 Å². The summed E-state index contributed by atoms with van der Waals surface area (Å²) in [7, 11) is 0. The maximum absolute atomic E-state index is 12.6. The van der Waals surface area contributed by atoms with Gasteiger partial charge in [0.25, 0.3) is 11.1 Å². The van der Waals surface area contributed by atoms with Crippen molar-refractivity contribution < 1.29 is 9.21 Å². The average Bonchev–Trinajstić information content (AvgIpc) is 3.35. The van der Waals surface area contributed by atoms with Crippen LogP contribution in [0.3, 0.4) is 0 Å². The summed E-state index contributed by atoms with van der Waals surface area (Å²) in [5.74, 6) is 0.230. The number of thioether (sulfide) groups is 1. The molecule has 0 spiro atoms. The van der Waals surface area contributed by atoms with Gasteiger partial charge in [0, 0.05) is 17.1 Å². The molecule has 1 fully saturated rings. The number of carbonyl (C=O) groups excluding carboxylic acids is 1. The molecule has 0 bridgehead atoms. The van der Waals surface area contributed by atoms with E-state index in [-0.39, 0.29) is 5.91 Å². The highest BCUT2D eigenvalue weighted by Gasteiger charge is 2.35. The minimum absolute atomic E-state index is 0.180. The maximum Gasteiger partial charge on any atom is 0.277 e. The van der Waals surface area contributed by atoms with Gasteiger partial charge >= 0.3 is 0 Å². The Kier molecular flexibility index (Phi) is 5.09. The molecule has 0 radical (unpaired) electrons. The first kappa shape index (κ1) is 18.6. The lowest BCUT2D eigenvalue weighted by Gasteiger charge is -2.32. The SMILES string of the molecule is C[C@H](Sc1nnc(-c2c[nH]c3ccccc23)o1)C(=O)NC1(C#N)CCCCC1. The summed E-state index contributed by atoms with van der Waals surface area (Å²) in [6, 6.07) is 10.2. The Hall–Kier alpha value is -2.79. The van der Waals surface area contributed by atoms with Gasteiger partial charge in [-0.15, -0.1) is 10.2 Å². The van der Waals surface area contributed by atoms with Gasteiger partial charge in [-0.1, -0.05) is 49.2 Å². The minimum Gasteiger partial charge on any atom is -0.411 e. The Morgan fingerprint density at radius 3 is 2.89 bits per heavy atom. The average molecular weight is 395 g/mol. The first-order chi connectivity index (χ1) is 13.6. The van der Waals surface area contributed by atoms with Crippen LogP contribution in [0.1, 0.15) is 39.0 Å². The summed E-state index contributed by atoms with van der Waals surface area (Å²) >= 11 is 1.20. The number of carbonyl (C=O) groups is 1.